The molecular weight excluding hydrogens is 244 g/mol. The summed E-state index contributed by atoms with van der Waals surface area (Å²) in [6.07, 6.45) is 3.65. The molecule has 3 heterocycles. The van der Waals surface area contributed by atoms with Crippen LogP contribution in [0.4, 0.5) is 5.82 Å². The lowest BCUT2D eigenvalue weighted by atomic mass is 10.2. The summed E-state index contributed by atoms with van der Waals surface area (Å²) in [6, 6.07) is 3.87. The van der Waals surface area contributed by atoms with E-state index in [2.05, 4.69) is 32.6 Å². The van der Waals surface area contributed by atoms with Gasteiger partial charge in [0.05, 0.1) is 0 Å². The summed E-state index contributed by atoms with van der Waals surface area (Å²) in [5.41, 5.74) is 2.20. The molecule has 0 amide bonds. The maximum absolute atomic E-state index is 4.59. The minimum Gasteiger partial charge on any atom is -0.373 e. The Hall–Kier alpha value is -2.01. The van der Waals surface area contributed by atoms with Crippen molar-refractivity contribution < 1.29 is 0 Å². The number of rotatable bonds is 2. The van der Waals surface area contributed by atoms with Gasteiger partial charge in [-0.25, -0.2) is 15.0 Å². The molecule has 0 saturated heterocycles. The van der Waals surface area contributed by atoms with Gasteiger partial charge in [0.1, 0.15) is 10.6 Å². The van der Waals surface area contributed by atoms with E-state index in [1.807, 2.05) is 25.4 Å². The van der Waals surface area contributed by atoms with Crippen molar-refractivity contribution in [2.75, 3.05) is 12.4 Å². The van der Waals surface area contributed by atoms with Crippen LogP contribution in [-0.2, 0) is 0 Å². The second kappa shape index (κ2) is 4.34. The summed E-state index contributed by atoms with van der Waals surface area (Å²) in [4.78, 5) is 14.2. The van der Waals surface area contributed by atoms with Crippen LogP contribution in [0.3, 0.4) is 0 Å². The molecule has 5 heteroatoms. The predicted octanol–water partition coefficient (Wildman–Crippen LogP) is 3.10. The zero-order valence-corrected chi connectivity index (χ0v) is 11.0. The summed E-state index contributed by atoms with van der Waals surface area (Å²) >= 11 is 1.65. The van der Waals surface area contributed by atoms with Gasteiger partial charge in [-0.3, -0.25) is 0 Å². The topological polar surface area (TPSA) is 50.7 Å². The minimum atomic E-state index is 0.739. The van der Waals surface area contributed by atoms with Gasteiger partial charge in [-0.2, -0.15) is 0 Å². The van der Waals surface area contributed by atoms with Crippen molar-refractivity contribution >= 4 is 27.4 Å². The number of aryl methyl sites for hydroxylation is 1. The molecule has 0 unspecified atom stereocenters. The van der Waals surface area contributed by atoms with Crippen molar-refractivity contribution in [2.24, 2.45) is 0 Å². The summed E-state index contributed by atoms with van der Waals surface area (Å²) in [7, 11) is 1.85. The molecule has 3 rings (SSSR count). The Morgan fingerprint density at radius 2 is 2.17 bits per heavy atom. The number of nitrogens with zero attached hydrogens (tertiary/aromatic N) is 3. The van der Waals surface area contributed by atoms with Gasteiger partial charge in [-0.1, -0.05) is 0 Å². The Bertz CT molecular complexity index is 705. The van der Waals surface area contributed by atoms with Crippen molar-refractivity contribution in [3.8, 4) is 11.4 Å². The molecule has 1 N–H and O–H groups in total. The molecule has 90 valence electrons. The molecule has 3 aromatic heterocycles. The molecule has 0 aliphatic rings. The van der Waals surface area contributed by atoms with E-state index in [1.165, 1.54) is 5.56 Å². The van der Waals surface area contributed by atoms with Crippen LogP contribution in [0.2, 0.25) is 0 Å². The van der Waals surface area contributed by atoms with E-state index in [9.17, 15) is 0 Å². The number of aromatic nitrogens is 3. The third kappa shape index (κ3) is 1.82. The first-order valence-corrected chi connectivity index (χ1v) is 6.51. The summed E-state index contributed by atoms with van der Waals surface area (Å²) in [5.74, 6) is 1.56. The quantitative estimate of drug-likeness (QED) is 0.765. The molecule has 0 aliphatic heterocycles. The first-order chi connectivity index (χ1) is 8.78. The van der Waals surface area contributed by atoms with E-state index < -0.39 is 0 Å². The van der Waals surface area contributed by atoms with E-state index >= 15 is 0 Å². The van der Waals surface area contributed by atoms with Gasteiger partial charge in [-0.15, -0.1) is 11.3 Å². The monoisotopic (exact) mass is 256 g/mol. The zero-order valence-electron chi connectivity index (χ0n) is 10.1. The van der Waals surface area contributed by atoms with Gasteiger partial charge < -0.3 is 5.32 Å². The number of hydrogen-bond acceptors (Lipinski definition) is 5. The molecule has 3 aromatic rings. The molecule has 4 nitrogen and oxygen atoms in total. The highest BCUT2D eigenvalue weighted by Crippen LogP contribution is 2.25. The van der Waals surface area contributed by atoms with Crippen molar-refractivity contribution in [2.45, 2.75) is 6.92 Å². The molecule has 0 atom stereocenters. The van der Waals surface area contributed by atoms with Gasteiger partial charge in [0.2, 0.25) is 0 Å². The zero-order chi connectivity index (χ0) is 12.5. The molecule has 0 aromatic carbocycles. The molecule has 0 aliphatic carbocycles. The van der Waals surface area contributed by atoms with Crippen LogP contribution in [0.5, 0.6) is 0 Å². The minimum absolute atomic E-state index is 0.739. The average molecular weight is 256 g/mol. The fourth-order valence-corrected chi connectivity index (χ4v) is 2.67. The second-order valence-electron chi connectivity index (χ2n) is 4.01. The Labute approximate surface area is 109 Å². The number of fused-ring (bicyclic) bond motifs is 1. The molecule has 0 spiro atoms. The normalized spacial score (nSPS) is 10.8. The summed E-state index contributed by atoms with van der Waals surface area (Å²) in [5, 5.41) is 6.25. The van der Waals surface area contributed by atoms with E-state index in [0.29, 0.717) is 0 Å². The number of pyridine rings is 1. The van der Waals surface area contributed by atoms with Crippen LogP contribution in [0, 0.1) is 6.92 Å². The maximum Gasteiger partial charge on any atom is 0.160 e. The highest BCUT2D eigenvalue weighted by atomic mass is 32.1. The van der Waals surface area contributed by atoms with E-state index in [1.54, 1.807) is 17.5 Å². The predicted molar refractivity (Wildman–Crippen MR) is 74.9 cm³/mol. The van der Waals surface area contributed by atoms with Crippen LogP contribution < -0.4 is 5.32 Å². The molecular formula is C13H12N4S. The standard InChI is InChI=1S/C13H12N4S/c1-8-7-18-13-10(8)6-16-12(17-13)9-3-4-15-11(5-9)14-2/h3-7H,1-2H3,(H,14,15). The van der Waals surface area contributed by atoms with E-state index in [0.717, 1.165) is 27.4 Å². The van der Waals surface area contributed by atoms with E-state index in [-0.39, 0.29) is 0 Å². The van der Waals surface area contributed by atoms with Gasteiger partial charge in [0.15, 0.2) is 5.82 Å². The molecule has 0 bridgehead atoms. The van der Waals surface area contributed by atoms with Crippen LogP contribution >= 0.6 is 11.3 Å². The van der Waals surface area contributed by atoms with Crippen molar-refractivity contribution in [1.29, 1.82) is 0 Å². The third-order valence-electron chi connectivity index (χ3n) is 2.80. The number of thiophene rings is 1. The van der Waals surface area contributed by atoms with Gasteiger partial charge >= 0.3 is 0 Å². The largest absolute Gasteiger partial charge is 0.373 e. The van der Waals surface area contributed by atoms with Crippen LogP contribution in [-0.4, -0.2) is 22.0 Å². The second-order valence-corrected chi connectivity index (χ2v) is 4.87. The first kappa shape index (κ1) is 11.1. The first-order valence-electron chi connectivity index (χ1n) is 5.63. The highest BCUT2D eigenvalue weighted by molar-refractivity contribution is 7.16. The summed E-state index contributed by atoms with van der Waals surface area (Å²) < 4.78 is 0. The lowest BCUT2D eigenvalue weighted by Crippen LogP contribution is -1.94. The van der Waals surface area contributed by atoms with E-state index in [4.69, 9.17) is 0 Å². The molecule has 0 radical (unpaired) electrons. The van der Waals surface area contributed by atoms with Crippen molar-refractivity contribution in [1.82, 2.24) is 15.0 Å². The molecule has 18 heavy (non-hydrogen) atoms. The molecule has 0 fully saturated rings. The number of nitrogens with one attached hydrogen (secondary N) is 1. The SMILES string of the molecule is CNc1cc(-c2ncc3c(C)csc3n2)ccn1. The fourth-order valence-electron chi connectivity index (χ4n) is 1.78. The smallest absolute Gasteiger partial charge is 0.160 e. The Kier molecular flexibility index (Phi) is 2.68. The van der Waals surface area contributed by atoms with Gasteiger partial charge in [0.25, 0.3) is 0 Å². The van der Waals surface area contributed by atoms with Crippen LogP contribution in [0.1, 0.15) is 5.56 Å². The number of anilines is 1. The van der Waals surface area contributed by atoms with Crippen LogP contribution in [0.15, 0.2) is 29.9 Å². The lowest BCUT2D eigenvalue weighted by Gasteiger charge is -2.03. The van der Waals surface area contributed by atoms with Crippen molar-refractivity contribution in [3.05, 3.63) is 35.5 Å². The van der Waals surface area contributed by atoms with Crippen LogP contribution in [0.25, 0.3) is 21.6 Å². The maximum atomic E-state index is 4.59. The van der Waals surface area contributed by atoms with Gasteiger partial charge in [0, 0.05) is 30.4 Å². The Balaban J connectivity index is 2.13. The Morgan fingerprint density at radius 3 is 3.00 bits per heavy atom. The highest BCUT2D eigenvalue weighted by Gasteiger charge is 2.07. The van der Waals surface area contributed by atoms with Crippen molar-refractivity contribution in [3.63, 3.8) is 0 Å². The Morgan fingerprint density at radius 1 is 1.28 bits per heavy atom. The van der Waals surface area contributed by atoms with Gasteiger partial charge in [-0.05, 0) is 30.0 Å². The fraction of sp³-hybridized carbons (Fsp3) is 0.154. The average Bonchev–Trinajstić information content (AvgIpc) is 2.80. The number of hydrogen-bond donors (Lipinski definition) is 1. The lowest BCUT2D eigenvalue weighted by molar-refractivity contribution is 1.21. The summed E-state index contributed by atoms with van der Waals surface area (Å²) in [6.45, 7) is 2.08. The molecule has 0 saturated carbocycles. The third-order valence-corrected chi connectivity index (χ3v) is 3.81.